The van der Waals surface area contributed by atoms with Crippen LogP contribution < -0.4 is 15.6 Å². The van der Waals surface area contributed by atoms with E-state index in [2.05, 4.69) is 21.2 Å². The molecule has 0 unspecified atom stereocenters. The average molecular weight is 337 g/mol. The van der Waals surface area contributed by atoms with Gasteiger partial charge in [-0.05, 0) is 40.2 Å². The van der Waals surface area contributed by atoms with Gasteiger partial charge in [0.2, 0.25) is 5.91 Å². The van der Waals surface area contributed by atoms with Crippen molar-refractivity contribution in [2.45, 2.75) is 6.54 Å². The number of hydrogen-bond acceptors (Lipinski definition) is 3. The minimum atomic E-state index is -0.279. The monoisotopic (exact) mass is 336 g/mol. The zero-order valence-corrected chi connectivity index (χ0v) is 12.4. The third kappa shape index (κ3) is 3.48. The quantitative estimate of drug-likeness (QED) is 0.931. The number of methoxy groups -OCH3 is 1. The molecule has 104 valence electrons. The zero-order chi connectivity index (χ0) is 14.5. The van der Waals surface area contributed by atoms with E-state index in [9.17, 15) is 9.59 Å². The number of nitrogens with one attached hydrogen (secondary N) is 1. The highest BCUT2D eigenvalue weighted by Gasteiger charge is 2.07. The molecule has 0 bridgehead atoms. The first kappa shape index (κ1) is 14.3. The first-order chi connectivity index (χ1) is 9.60. The molecule has 2 rings (SSSR count). The van der Waals surface area contributed by atoms with Crippen LogP contribution in [0.1, 0.15) is 0 Å². The Hall–Kier alpha value is -2.08. The lowest BCUT2D eigenvalue weighted by molar-refractivity contribution is -0.116. The summed E-state index contributed by atoms with van der Waals surface area (Å²) in [6.45, 7) is -0.0461. The molecule has 1 amide bonds. The van der Waals surface area contributed by atoms with Gasteiger partial charge in [-0.1, -0.05) is 6.07 Å². The number of carbonyl (C=O) groups excluding carboxylic acids is 1. The second kappa shape index (κ2) is 6.38. The summed E-state index contributed by atoms with van der Waals surface area (Å²) in [5.41, 5.74) is 0.380. The van der Waals surface area contributed by atoms with Crippen LogP contribution in [0.2, 0.25) is 0 Å². The van der Waals surface area contributed by atoms with Crippen LogP contribution >= 0.6 is 15.9 Å². The molecule has 0 aliphatic rings. The Kier molecular flexibility index (Phi) is 4.57. The summed E-state index contributed by atoms with van der Waals surface area (Å²) in [6, 6.07) is 10.4. The molecular formula is C14H13BrN2O3. The smallest absolute Gasteiger partial charge is 0.265 e. The highest BCUT2D eigenvalue weighted by molar-refractivity contribution is 9.10. The summed E-state index contributed by atoms with van der Waals surface area (Å²) in [6.07, 6.45) is 1.57. The van der Waals surface area contributed by atoms with Crippen LogP contribution in [0, 0.1) is 0 Å². The summed E-state index contributed by atoms with van der Waals surface area (Å²) in [5, 5.41) is 2.72. The average Bonchev–Trinajstić information content (AvgIpc) is 2.44. The minimum Gasteiger partial charge on any atom is -0.497 e. The molecule has 20 heavy (non-hydrogen) atoms. The first-order valence-electron chi connectivity index (χ1n) is 5.89. The number of ether oxygens (including phenoxy) is 1. The molecule has 0 atom stereocenters. The van der Waals surface area contributed by atoms with Gasteiger partial charge in [-0.2, -0.15) is 0 Å². The fourth-order valence-corrected chi connectivity index (χ4v) is 2.07. The Bertz CT molecular complexity index is 682. The van der Waals surface area contributed by atoms with Gasteiger partial charge >= 0.3 is 0 Å². The summed E-state index contributed by atoms with van der Waals surface area (Å²) in [7, 11) is 1.56. The van der Waals surface area contributed by atoms with Gasteiger partial charge in [0.15, 0.2) is 0 Å². The lowest BCUT2D eigenvalue weighted by Gasteiger charge is -2.08. The maximum atomic E-state index is 11.9. The lowest BCUT2D eigenvalue weighted by Crippen LogP contribution is -2.27. The molecule has 0 radical (unpaired) electrons. The third-order valence-corrected chi connectivity index (χ3v) is 3.24. The van der Waals surface area contributed by atoms with E-state index in [4.69, 9.17) is 4.74 Å². The summed E-state index contributed by atoms with van der Waals surface area (Å²) < 4.78 is 6.83. The van der Waals surface area contributed by atoms with Gasteiger partial charge in [0, 0.05) is 18.0 Å². The molecule has 0 aliphatic carbocycles. The van der Waals surface area contributed by atoms with Gasteiger partial charge in [0.1, 0.15) is 12.3 Å². The second-order valence-electron chi connectivity index (χ2n) is 4.07. The van der Waals surface area contributed by atoms with Crippen LogP contribution in [0.5, 0.6) is 5.75 Å². The van der Waals surface area contributed by atoms with Gasteiger partial charge in [-0.15, -0.1) is 0 Å². The molecule has 0 saturated heterocycles. The van der Waals surface area contributed by atoms with Crippen molar-refractivity contribution >= 4 is 27.5 Å². The third-order valence-electron chi connectivity index (χ3n) is 2.64. The summed E-state index contributed by atoms with van der Waals surface area (Å²) in [5.74, 6) is 0.376. The van der Waals surface area contributed by atoms with Crippen LogP contribution in [0.3, 0.4) is 0 Å². The fraction of sp³-hybridized carbons (Fsp3) is 0.143. The van der Waals surface area contributed by atoms with Crippen LogP contribution in [0.25, 0.3) is 0 Å². The van der Waals surface area contributed by atoms with Crippen molar-refractivity contribution in [3.63, 3.8) is 0 Å². The Morgan fingerprint density at radius 3 is 2.90 bits per heavy atom. The molecule has 6 heteroatoms. The normalized spacial score (nSPS) is 10.1. The highest BCUT2D eigenvalue weighted by atomic mass is 79.9. The molecule has 0 saturated carbocycles. The van der Waals surface area contributed by atoms with E-state index in [0.29, 0.717) is 15.9 Å². The van der Waals surface area contributed by atoms with E-state index in [1.807, 2.05) is 0 Å². The highest BCUT2D eigenvalue weighted by Crippen LogP contribution is 2.16. The number of rotatable bonds is 4. The van der Waals surface area contributed by atoms with E-state index in [1.54, 1.807) is 49.7 Å². The molecule has 1 aromatic heterocycles. The topological polar surface area (TPSA) is 60.3 Å². The van der Waals surface area contributed by atoms with Crippen LogP contribution in [0.15, 0.2) is 51.9 Å². The van der Waals surface area contributed by atoms with Crippen LogP contribution in [-0.2, 0) is 11.3 Å². The number of anilines is 1. The van der Waals surface area contributed by atoms with Gasteiger partial charge in [-0.25, -0.2) is 0 Å². The minimum absolute atomic E-state index is 0.0461. The Morgan fingerprint density at radius 1 is 1.35 bits per heavy atom. The van der Waals surface area contributed by atoms with E-state index < -0.39 is 0 Å². The standard InChI is InChI=1S/C14H13BrN2O3/c1-20-11-5-2-4-10(8-11)16-13(18)9-17-7-3-6-12(15)14(17)19/h2-8H,9H2,1H3,(H,16,18). The van der Waals surface area contributed by atoms with E-state index in [-0.39, 0.29) is 18.0 Å². The Morgan fingerprint density at radius 2 is 2.15 bits per heavy atom. The van der Waals surface area contributed by atoms with Crippen molar-refractivity contribution in [2.75, 3.05) is 12.4 Å². The van der Waals surface area contributed by atoms with Gasteiger partial charge < -0.3 is 14.6 Å². The zero-order valence-electron chi connectivity index (χ0n) is 10.8. The summed E-state index contributed by atoms with van der Waals surface area (Å²) >= 11 is 3.14. The maximum absolute atomic E-state index is 11.9. The van der Waals surface area contributed by atoms with E-state index >= 15 is 0 Å². The van der Waals surface area contributed by atoms with E-state index in [1.165, 1.54) is 4.57 Å². The molecule has 0 aliphatic heterocycles. The van der Waals surface area contributed by atoms with Gasteiger partial charge in [0.05, 0.1) is 11.6 Å². The predicted octanol–water partition coefficient (Wildman–Crippen LogP) is 2.26. The predicted molar refractivity (Wildman–Crippen MR) is 80.0 cm³/mol. The number of aromatic nitrogens is 1. The van der Waals surface area contributed by atoms with Gasteiger partial charge in [-0.3, -0.25) is 9.59 Å². The Labute approximate surface area is 124 Å². The van der Waals surface area contributed by atoms with E-state index in [0.717, 1.165) is 0 Å². The second-order valence-corrected chi connectivity index (χ2v) is 4.92. The number of amides is 1. The molecule has 1 aromatic carbocycles. The molecular weight excluding hydrogens is 324 g/mol. The molecule has 5 nitrogen and oxygen atoms in total. The first-order valence-corrected chi connectivity index (χ1v) is 6.68. The molecule has 0 spiro atoms. The van der Waals surface area contributed by atoms with Crippen molar-refractivity contribution in [1.82, 2.24) is 4.57 Å². The Balaban J connectivity index is 2.09. The fourth-order valence-electron chi connectivity index (χ4n) is 1.69. The molecule has 1 N–H and O–H groups in total. The number of carbonyl (C=O) groups is 1. The number of hydrogen-bond donors (Lipinski definition) is 1. The number of pyridine rings is 1. The van der Waals surface area contributed by atoms with Gasteiger partial charge in [0.25, 0.3) is 5.56 Å². The molecule has 2 aromatic rings. The van der Waals surface area contributed by atoms with Crippen molar-refractivity contribution in [2.24, 2.45) is 0 Å². The number of nitrogens with zero attached hydrogens (tertiary/aromatic N) is 1. The summed E-state index contributed by atoms with van der Waals surface area (Å²) in [4.78, 5) is 23.7. The lowest BCUT2D eigenvalue weighted by atomic mass is 10.3. The van der Waals surface area contributed by atoms with Crippen LogP contribution in [0.4, 0.5) is 5.69 Å². The SMILES string of the molecule is COc1cccc(NC(=O)Cn2cccc(Br)c2=O)c1. The van der Waals surface area contributed by atoms with Crippen molar-refractivity contribution in [1.29, 1.82) is 0 Å². The van der Waals surface area contributed by atoms with Crippen molar-refractivity contribution < 1.29 is 9.53 Å². The van der Waals surface area contributed by atoms with Crippen LogP contribution in [-0.4, -0.2) is 17.6 Å². The number of halogens is 1. The largest absolute Gasteiger partial charge is 0.497 e. The maximum Gasteiger partial charge on any atom is 0.265 e. The van der Waals surface area contributed by atoms with Crippen molar-refractivity contribution in [3.05, 3.63) is 57.4 Å². The van der Waals surface area contributed by atoms with Crippen molar-refractivity contribution in [3.8, 4) is 5.75 Å². The molecule has 1 heterocycles. The molecule has 0 fully saturated rings. The number of benzene rings is 1.